The molecule has 2 bridgehead atoms. The summed E-state index contributed by atoms with van der Waals surface area (Å²) in [7, 11) is -4.15. The highest BCUT2D eigenvalue weighted by atomic mass is 32.2. The zero-order valence-electron chi connectivity index (χ0n) is 19.4. The van der Waals surface area contributed by atoms with E-state index in [1.807, 2.05) is 13.8 Å². The van der Waals surface area contributed by atoms with Gasteiger partial charge >= 0.3 is 0 Å². The number of aliphatic hydroxyl groups excluding tert-OH is 1. The van der Waals surface area contributed by atoms with Crippen molar-refractivity contribution < 1.29 is 27.3 Å². The largest absolute Gasteiger partial charge is 0.392 e. The van der Waals surface area contributed by atoms with Crippen LogP contribution in [0.2, 0.25) is 0 Å². The molecule has 4 saturated carbocycles. The first-order valence-corrected chi connectivity index (χ1v) is 13.2. The van der Waals surface area contributed by atoms with Crippen molar-refractivity contribution in [2.75, 3.05) is 0 Å². The highest BCUT2D eigenvalue weighted by Gasteiger charge is 2.75. The van der Waals surface area contributed by atoms with E-state index >= 15 is 0 Å². The van der Waals surface area contributed by atoms with Gasteiger partial charge in [-0.15, -0.1) is 0 Å². The van der Waals surface area contributed by atoms with E-state index in [1.54, 1.807) is 18.2 Å². The van der Waals surface area contributed by atoms with Crippen LogP contribution in [0.5, 0.6) is 0 Å². The van der Waals surface area contributed by atoms with Gasteiger partial charge in [-0.25, -0.2) is 0 Å². The molecule has 0 aliphatic heterocycles. The molecule has 1 spiro atoms. The summed E-state index contributed by atoms with van der Waals surface area (Å²) < 4.78 is 32.3. The summed E-state index contributed by atoms with van der Waals surface area (Å²) >= 11 is 0. The van der Waals surface area contributed by atoms with Gasteiger partial charge in [0.2, 0.25) is 0 Å². The van der Waals surface area contributed by atoms with E-state index in [0.29, 0.717) is 31.3 Å². The molecule has 4 aliphatic carbocycles. The molecule has 1 aromatic carbocycles. The summed E-state index contributed by atoms with van der Waals surface area (Å²) in [6.45, 7) is 10.0. The molecule has 0 radical (unpaired) electrons. The van der Waals surface area contributed by atoms with Gasteiger partial charge in [-0.1, -0.05) is 45.5 Å². The van der Waals surface area contributed by atoms with Crippen molar-refractivity contribution in [2.45, 2.75) is 70.0 Å². The third-order valence-corrected chi connectivity index (χ3v) is 11.0. The van der Waals surface area contributed by atoms with E-state index in [1.165, 1.54) is 12.1 Å². The molecule has 0 saturated heterocycles. The fourth-order valence-corrected chi connectivity index (χ4v) is 9.20. The molecular weight excluding hydrogens is 440 g/mol. The summed E-state index contributed by atoms with van der Waals surface area (Å²) in [6, 6.07) is 7.91. The minimum absolute atomic E-state index is 0.0276. The minimum atomic E-state index is -4.15. The number of carbonyl (C=O) groups excluding carboxylic acids is 2. The van der Waals surface area contributed by atoms with Crippen molar-refractivity contribution in [2.24, 2.45) is 34.0 Å². The van der Waals surface area contributed by atoms with E-state index < -0.39 is 39.1 Å². The zero-order valence-corrected chi connectivity index (χ0v) is 20.2. The zero-order chi connectivity index (χ0) is 24.0. The van der Waals surface area contributed by atoms with Crippen LogP contribution in [0.3, 0.4) is 0 Å². The maximum absolute atomic E-state index is 13.8. The second-order valence-corrected chi connectivity index (χ2v) is 12.8. The van der Waals surface area contributed by atoms with Crippen molar-refractivity contribution in [3.63, 3.8) is 0 Å². The quantitative estimate of drug-likeness (QED) is 0.532. The lowest BCUT2D eigenvalue weighted by atomic mass is 9.39. The Morgan fingerprint density at radius 2 is 1.73 bits per heavy atom. The molecular formula is C26H32O6S. The molecule has 0 heterocycles. The minimum Gasteiger partial charge on any atom is -0.392 e. The van der Waals surface area contributed by atoms with E-state index in [9.17, 15) is 23.1 Å². The summed E-state index contributed by atoms with van der Waals surface area (Å²) in [6.07, 6.45) is 0.482. The predicted molar refractivity (Wildman–Crippen MR) is 122 cm³/mol. The van der Waals surface area contributed by atoms with E-state index in [2.05, 4.69) is 13.5 Å². The van der Waals surface area contributed by atoms with Crippen LogP contribution in [-0.2, 0) is 23.9 Å². The van der Waals surface area contributed by atoms with Crippen LogP contribution >= 0.6 is 0 Å². The molecule has 5 unspecified atom stereocenters. The molecule has 1 aromatic rings. The number of rotatable bonds is 3. The van der Waals surface area contributed by atoms with Crippen molar-refractivity contribution in [1.82, 2.24) is 0 Å². The van der Waals surface area contributed by atoms with Gasteiger partial charge in [-0.3, -0.25) is 13.8 Å². The van der Waals surface area contributed by atoms with Crippen LogP contribution < -0.4 is 0 Å². The van der Waals surface area contributed by atoms with Crippen LogP contribution in [0, 0.1) is 34.0 Å². The molecule has 6 nitrogen and oxygen atoms in total. The fraction of sp³-hybridized carbons (Fsp3) is 0.615. The van der Waals surface area contributed by atoms with Gasteiger partial charge in [0, 0.05) is 17.8 Å². The van der Waals surface area contributed by atoms with Crippen LogP contribution in [0.4, 0.5) is 0 Å². The Bertz CT molecular complexity index is 1140. The number of carbonyl (C=O) groups is 2. The SMILES string of the molecule is C=C1C(=O)C23C(O)C[C@@H]4C(C)(C)C(=O)CC[C@@]4(C)C2CCC1C3OS(=O)(=O)c1ccccc1. The van der Waals surface area contributed by atoms with Gasteiger partial charge in [0.05, 0.1) is 22.5 Å². The lowest BCUT2D eigenvalue weighted by Crippen LogP contribution is -2.68. The third kappa shape index (κ3) is 2.82. The Kier molecular flexibility index (Phi) is 4.93. The molecule has 4 fully saturated rings. The first-order chi connectivity index (χ1) is 15.4. The van der Waals surface area contributed by atoms with Crippen molar-refractivity contribution in [3.05, 3.63) is 42.5 Å². The molecule has 1 N–H and O–H groups in total. The molecule has 0 aromatic heterocycles. The van der Waals surface area contributed by atoms with Crippen LogP contribution in [0.1, 0.15) is 52.9 Å². The standard InChI is InChI=1S/C26H32O6S/c1-15-17-10-11-18-25(4)13-12-20(27)24(2,3)19(25)14-21(28)26(18,22(15)29)23(17)32-33(30,31)16-8-6-5-7-9-16/h5-9,17-19,21,23,28H,1,10-14H2,2-4H3/t17?,18?,19-,21?,23?,25+,26?/m1/s1. The van der Waals surface area contributed by atoms with Crippen LogP contribution in [-0.4, -0.2) is 37.3 Å². The second kappa shape index (κ2) is 7.09. The Morgan fingerprint density at radius 3 is 2.39 bits per heavy atom. The molecule has 178 valence electrons. The third-order valence-electron chi connectivity index (χ3n) is 9.66. The molecule has 5 rings (SSSR count). The van der Waals surface area contributed by atoms with Gasteiger partial charge in [0.15, 0.2) is 5.78 Å². The van der Waals surface area contributed by atoms with Gasteiger partial charge in [0.25, 0.3) is 10.1 Å². The summed E-state index contributed by atoms with van der Waals surface area (Å²) in [5.74, 6) is -0.902. The molecule has 7 atom stereocenters. The smallest absolute Gasteiger partial charge is 0.297 e. The number of hydrogen-bond acceptors (Lipinski definition) is 6. The van der Waals surface area contributed by atoms with Gasteiger partial charge in [0.1, 0.15) is 5.78 Å². The summed E-state index contributed by atoms with van der Waals surface area (Å²) in [4.78, 5) is 26.7. The molecule has 7 heteroatoms. The average molecular weight is 473 g/mol. The maximum atomic E-state index is 13.8. The van der Waals surface area contributed by atoms with E-state index in [0.717, 1.165) is 0 Å². The lowest BCUT2D eigenvalue weighted by molar-refractivity contribution is -0.218. The number of hydrogen-bond donors (Lipinski definition) is 1. The maximum Gasteiger partial charge on any atom is 0.297 e. The second-order valence-electron chi connectivity index (χ2n) is 11.3. The topological polar surface area (TPSA) is 97.7 Å². The summed E-state index contributed by atoms with van der Waals surface area (Å²) in [5.41, 5.74) is -2.00. The molecule has 4 aliphatic rings. The molecule has 33 heavy (non-hydrogen) atoms. The van der Waals surface area contributed by atoms with Crippen molar-refractivity contribution in [3.8, 4) is 0 Å². The van der Waals surface area contributed by atoms with E-state index in [-0.39, 0.29) is 40.1 Å². The Hall–Kier alpha value is -1.83. The van der Waals surface area contributed by atoms with Gasteiger partial charge in [-0.2, -0.15) is 8.42 Å². The number of Topliss-reactive ketones (excluding diaryl/α,β-unsaturated/α-hetero) is 2. The van der Waals surface area contributed by atoms with Crippen LogP contribution in [0.25, 0.3) is 0 Å². The summed E-state index contributed by atoms with van der Waals surface area (Å²) in [5, 5.41) is 11.6. The highest BCUT2D eigenvalue weighted by Crippen LogP contribution is 2.71. The first kappa shape index (κ1) is 22.9. The number of aliphatic hydroxyl groups is 1. The number of benzene rings is 1. The Balaban J connectivity index is 1.64. The lowest BCUT2D eigenvalue weighted by Gasteiger charge is -2.64. The average Bonchev–Trinajstić information content (AvgIpc) is 2.88. The predicted octanol–water partition coefficient (Wildman–Crippen LogP) is 3.69. The highest BCUT2D eigenvalue weighted by molar-refractivity contribution is 7.86. The van der Waals surface area contributed by atoms with Crippen LogP contribution in [0.15, 0.2) is 47.4 Å². The first-order valence-electron chi connectivity index (χ1n) is 11.8. The fourth-order valence-electron chi connectivity index (χ4n) is 8.03. The van der Waals surface area contributed by atoms with Crippen molar-refractivity contribution in [1.29, 1.82) is 0 Å². The van der Waals surface area contributed by atoms with E-state index in [4.69, 9.17) is 4.18 Å². The Morgan fingerprint density at radius 1 is 1.06 bits per heavy atom. The van der Waals surface area contributed by atoms with Gasteiger partial charge < -0.3 is 5.11 Å². The van der Waals surface area contributed by atoms with Crippen molar-refractivity contribution >= 4 is 21.7 Å². The Labute approximate surface area is 195 Å². The van der Waals surface area contributed by atoms with Gasteiger partial charge in [-0.05, 0) is 60.6 Å². The normalized spacial score (nSPS) is 42.1. The number of ketones is 2. The molecule has 0 amide bonds. The number of fused-ring (bicyclic) bond motifs is 3. The monoisotopic (exact) mass is 472 g/mol.